The molecule has 0 amide bonds. The van der Waals surface area contributed by atoms with E-state index in [0.717, 1.165) is 15.6 Å². The maximum Gasteiger partial charge on any atom is 0.327 e. The number of esters is 1. The van der Waals surface area contributed by atoms with Gasteiger partial charge in [0.25, 0.3) is 0 Å². The Morgan fingerprint density at radius 1 is 1.15 bits per heavy atom. The SMILES string of the molecule is COC(=O)C(NCc1ccccc1)c1ccc(Br)cc1. The fourth-order valence-electron chi connectivity index (χ4n) is 1.93. The molecule has 0 aliphatic rings. The lowest BCUT2D eigenvalue weighted by atomic mass is 10.1. The highest BCUT2D eigenvalue weighted by Crippen LogP contribution is 2.18. The minimum absolute atomic E-state index is 0.289. The largest absolute Gasteiger partial charge is 0.468 e. The molecule has 0 radical (unpaired) electrons. The van der Waals surface area contributed by atoms with Crippen LogP contribution in [0.2, 0.25) is 0 Å². The van der Waals surface area contributed by atoms with E-state index in [2.05, 4.69) is 21.2 Å². The molecule has 2 aromatic rings. The number of carbonyl (C=O) groups is 1. The smallest absolute Gasteiger partial charge is 0.327 e. The Hall–Kier alpha value is -1.65. The second-order valence-electron chi connectivity index (χ2n) is 4.37. The topological polar surface area (TPSA) is 38.3 Å². The summed E-state index contributed by atoms with van der Waals surface area (Å²) >= 11 is 3.39. The van der Waals surface area contributed by atoms with Gasteiger partial charge in [0, 0.05) is 11.0 Å². The molecule has 0 aromatic heterocycles. The van der Waals surface area contributed by atoms with Gasteiger partial charge in [-0.2, -0.15) is 0 Å². The molecule has 0 spiro atoms. The van der Waals surface area contributed by atoms with E-state index in [1.807, 2.05) is 54.6 Å². The highest BCUT2D eigenvalue weighted by Gasteiger charge is 2.20. The quantitative estimate of drug-likeness (QED) is 0.851. The van der Waals surface area contributed by atoms with Gasteiger partial charge in [0.1, 0.15) is 6.04 Å². The standard InChI is InChI=1S/C16H16BrNO2/c1-20-16(19)15(13-7-9-14(17)10-8-13)18-11-12-5-3-2-4-6-12/h2-10,15,18H,11H2,1H3. The van der Waals surface area contributed by atoms with Crippen molar-refractivity contribution in [2.75, 3.05) is 7.11 Å². The van der Waals surface area contributed by atoms with E-state index in [-0.39, 0.29) is 5.97 Å². The minimum Gasteiger partial charge on any atom is -0.468 e. The van der Waals surface area contributed by atoms with Crippen molar-refractivity contribution < 1.29 is 9.53 Å². The van der Waals surface area contributed by atoms with Crippen LogP contribution in [-0.2, 0) is 16.1 Å². The summed E-state index contributed by atoms with van der Waals surface area (Å²) in [5.41, 5.74) is 2.01. The molecule has 1 N–H and O–H groups in total. The van der Waals surface area contributed by atoms with Crippen molar-refractivity contribution in [3.05, 3.63) is 70.2 Å². The van der Waals surface area contributed by atoms with E-state index in [1.54, 1.807) is 0 Å². The zero-order valence-electron chi connectivity index (χ0n) is 11.2. The van der Waals surface area contributed by atoms with E-state index in [0.29, 0.717) is 6.54 Å². The van der Waals surface area contributed by atoms with Gasteiger partial charge in [0.15, 0.2) is 0 Å². The average molecular weight is 334 g/mol. The fraction of sp³-hybridized carbons (Fsp3) is 0.188. The van der Waals surface area contributed by atoms with Crippen molar-refractivity contribution in [2.45, 2.75) is 12.6 Å². The lowest BCUT2D eigenvalue weighted by Crippen LogP contribution is -2.29. The molecule has 3 nitrogen and oxygen atoms in total. The maximum atomic E-state index is 11.9. The van der Waals surface area contributed by atoms with Crippen LogP contribution in [0.4, 0.5) is 0 Å². The first-order chi connectivity index (χ1) is 9.70. The lowest BCUT2D eigenvalue weighted by Gasteiger charge is -2.17. The summed E-state index contributed by atoms with van der Waals surface area (Å²) in [5, 5.41) is 3.23. The Morgan fingerprint density at radius 2 is 1.80 bits per heavy atom. The molecular weight excluding hydrogens is 318 g/mol. The van der Waals surface area contributed by atoms with Crippen molar-refractivity contribution in [1.82, 2.24) is 5.32 Å². The van der Waals surface area contributed by atoms with Crippen LogP contribution in [0.25, 0.3) is 0 Å². The summed E-state index contributed by atoms with van der Waals surface area (Å²) in [6.07, 6.45) is 0. The molecule has 0 aliphatic carbocycles. The first kappa shape index (κ1) is 14.8. The fourth-order valence-corrected chi connectivity index (χ4v) is 2.19. The number of carbonyl (C=O) groups excluding carboxylic acids is 1. The third-order valence-electron chi connectivity index (χ3n) is 2.99. The van der Waals surface area contributed by atoms with Gasteiger partial charge < -0.3 is 4.74 Å². The monoisotopic (exact) mass is 333 g/mol. The molecule has 2 rings (SSSR count). The molecule has 20 heavy (non-hydrogen) atoms. The van der Waals surface area contributed by atoms with Crippen molar-refractivity contribution in [2.24, 2.45) is 0 Å². The highest BCUT2D eigenvalue weighted by molar-refractivity contribution is 9.10. The number of nitrogens with one attached hydrogen (secondary N) is 1. The predicted octanol–water partition coefficient (Wildman–Crippen LogP) is 3.45. The second-order valence-corrected chi connectivity index (χ2v) is 5.29. The van der Waals surface area contributed by atoms with Crippen LogP contribution in [0.15, 0.2) is 59.1 Å². The number of methoxy groups -OCH3 is 1. The van der Waals surface area contributed by atoms with E-state index < -0.39 is 6.04 Å². The molecule has 0 bridgehead atoms. The summed E-state index contributed by atoms with van der Waals surface area (Å²) < 4.78 is 5.85. The van der Waals surface area contributed by atoms with Crippen LogP contribution < -0.4 is 5.32 Å². The highest BCUT2D eigenvalue weighted by atomic mass is 79.9. The van der Waals surface area contributed by atoms with Gasteiger partial charge in [-0.25, -0.2) is 4.79 Å². The van der Waals surface area contributed by atoms with Gasteiger partial charge in [0.05, 0.1) is 7.11 Å². The maximum absolute atomic E-state index is 11.9. The number of benzene rings is 2. The molecule has 4 heteroatoms. The van der Waals surface area contributed by atoms with Crippen molar-refractivity contribution in [1.29, 1.82) is 0 Å². The van der Waals surface area contributed by atoms with Gasteiger partial charge >= 0.3 is 5.97 Å². The summed E-state index contributed by atoms with van der Waals surface area (Å²) in [5.74, 6) is -0.289. The molecule has 0 heterocycles. The van der Waals surface area contributed by atoms with Crippen LogP contribution in [0.5, 0.6) is 0 Å². The minimum atomic E-state index is -0.465. The Balaban J connectivity index is 2.12. The van der Waals surface area contributed by atoms with Crippen LogP contribution in [0.3, 0.4) is 0 Å². The summed E-state index contributed by atoms with van der Waals surface area (Å²) in [7, 11) is 1.40. The van der Waals surface area contributed by atoms with Gasteiger partial charge in [-0.1, -0.05) is 58.4 Å². The normalized spacial score (nSPS) is 11.9. The first-order valence-corrected chi connectivity index (χ1v) is 7.10. The number of halogens is 1. The third-order valence-corrected chi connectivity index (χ3v) is 3.52. The molecule has 0 saturated carbocycles. The van der Waals surface area contributed by atoms with E-state index in [1.165, 1.54) is 7.11 Å². The predicted molar refractivity (Wildman–Crippen MR) is 82.2 cm³/mol. The Kier molecular flexibility index (Phi) is 5.32. The van der Waals surface area contributed by atoms with Gasteiger partial charge in [-0.15, -0.1) is 0 Å². The summed E-state index contributed by atoms with van der Waals surface area (Å²) in [4.78, 5) is 11.9. The number of hydrogen-bond donors (Lipinski definition) is 1. The summed E-state index contributed by atoms with van der Waals surface area (Å²) in [6.45, 7) is 0.608. The lowest BCUT2D eigenvalue weighted by molar-refractivity contribution is -0.143. The zero-order chi connectivity index (χ0) is 14.4. The molecule has 1 atom stereocenters. The van der Waals surface area contributed by atoms with Crippen LogP contribution in [0, 0.1) is 0 Å². The summed E-state index contributed by atoms with van der Waals surface area (Å²) in [6, 6.07) is 17.1. The number of ether oxygens (including phenoxy) is 1. The Morgan fingerprint density at radius 3 is 2.40 bits per heavy atom. The zero-order valence-corrected chi connectivity index (χ0v) is 12.8. The first-order valence-electron chi connectivity index (χ1n) is 6.31. The van der Waals surface area contributed by atoms with E-state index in [9.17, 15) is 4.79 Å². The van der Waals surface area contributed by atoms with E-state index in [4.69, 9.17) is 4.74 Å². The van der Waals surface area contributed by atoms with Crippen LogP contribution in [-0.4, -0.2) is 13.1 Å². The Labute approximate surface area is 127 Å². The van der Waals surface area contributed by atoms with Crippen LogP contribution >= 0.6 is 15.9 Å². The van der Waals surface area contributed by atoms with Gasteiger partial charge in [-0.3, -0.25) is 5.32 Å². The molecule has 0 aliphatic heterocycles. The number of hydrogen-bond acceptors (Lipinski definition) is 3. The third kappa shape index (κ3) is 3.92. The molecule has 2 aromatic carbocycles. The van der Waals surface area contributed by atoms with Gasteiger partial charge in [-0.05, 0) is 23.3 Å². The van der Waals surface area contributed by atoms with E-state index >= 15 is 0 Å². The Bertz CT molecular complexity index is 554. The van der Waals surface area contributed by atoms with Crippen molar-refractivity contribution in [3.8, 4) is 0 Å². The van der Waals surface area contributed by atoms with Crippen LogP contribution in [0.1, 0.15) is 17.2 Å². The molecule has 0 fully saturated rings. The molecular formula is C16H16BrNO2. The average Bonchev–Trinajstić information content (AvgIpc) is 2.50. The molecule has 104 valence electrons. The second kappa shape index (κ2) is 7.22. The van der Waals surface area contributed by atoms with Crippen molar-refractivity contribution >= 4 is 21.9 Å². The molecule has 1 unspecified atom stereocenters. The van der Waals surface area contributed by atoms with Gasteiger partial charge in [0.2, 0.25) is 0 Å². The number of rotatable bonds is 5. The molecule has 0 saturated heterocycles. The van der Waals surface area contributed by atoms with Crippen molar-refractivity contribution in [3.63, 3.8) is 0 Å².